The van der Waals surface area contributed by atoms with Gasteiger partial charge in [-0.2, -0.15) is 5.10 Å². The second-order valence-corrected chi connectivity index (χ2v) is 6.89. The zero-order valence-corrected chi connectivity index (χ0v) is 14.6. The number of rotatable bonds is 5. The van der Waals surface area contributed by atoms with E-state index in [1.165, 1.54) is 0 Å². The lowest BCUT2D eigenvalue weighted by atomic mass is 9.90. The van der Waals surface area contributed by atoms with Crippen molar-refractivity contribution < 1.29 is 14.2 Å². The first kappa shape index (κ1) is 17.4. The Bertz CT molecular complexity index is 436. The molecule has 0 aromatic heterocycles. The standard InChI is InChI=1S/C17H30N2O3/c1-7-10-17(5)15(13(2)21-16(3,4)22-17)18-19-11-8-9-14(19)12-20-6/h7,13-14H,1,8-12H2,2-6H3/t13-,14-,17-/m1/s1. The van der Waals surface area contributed by atoms with Crippen molar-refractivity contribution in [3.63, 3.8) is 0 Å². The van der Waals surface area contributed by atoms with E-state index >= 15 is 0 Å². The van der Waals surface area contributed by atoms with Gasteiger partial charge in [0.25, 0.3) is 0 Å². The summed E-state index contributed by atoms with van der Waals surface area (Å²) in [6, 6.07) is 0.340. The van der Waals surface area contributed by atoms with Gasteiger partial charge in [-0.3, -0.25) is 5.01 Å². The predicted molar refractivity (Wildman–Crippen MR) is 88.0 cm³/mol. The molecule has 0 saturated carbocycles. The van der Waals surface area contributed by atoms with Crippen LogP contribution in [-0.4, -0.2) is 54.5 Å². The van der Waals surface area contributed by atoms with Gasteiger partial charge in [-0.05, 0) is 47.0 Å². The summed E-state index contributed by atoms with van der Waals surface area (Å²) in [5, 5.41) is 7.07. The maximum Gasteiger partial charge on any atom is 0.164 e. The topological polar surface area (TPSA) is 43.3 Å². The fourth-order valence-corrected chi connectivity index (χ4v) is 3.59. The molecule has 2 saturated heterocycles. The van der Waals surface area contributed by atoms with E-state index in [4.69, 9.17) is 19.3 Å². The minimum atomic E-state index is -0.618. The molecule has 2 aliphatic heterocycles. The van der Waals surface area contributed by atoms with Gasteiger partial charge in [0.2, 0.25) is 0 Å². The molecule has 5 heteroatoms. The van der Waals surface area contributed by atoms with Crippen molar-refractivity contribution >= 4 is 5.71 Å². The normalized spacial score (nSPS) is 36.8. The molecule has 0 radical (unpaired) electrons. The number of hydrazone groups is 1. The van der Waals surface area contributed by atoms with E-state index in [0.29, 0.717) is 19.1 Å². The van der Waals surface area contributed by atoms with Crippen molar-refractivity contribution in [1.29, 1.82) is 0 Å². The van der Waals surface area contributed by atoms with E-state index in [2.05, 4.69) is 18.5 Å². The lowest BCUT2D eigenvalue weighted by Gasteiger charge is -2.47. The Balaban J connectivity index is 2.28. The molecule has 0 aliphatic carbocycles. The number of nitrogens with zero attached hydrogens (tertiary/aromatic N) is 2. The summed E-state index contributed by atoms with van der Waals surface area (Å²) in [7, 11) is 1.74. The average Bonchev–Trinajstić information content (AvgIpc) is 2.81. The molecule has 0 aromatic carbocycles. The van der Waals surface area contributed by atoms with E-state index in [9.17, 15) is 0 Å². The molecule has 5 nitrogen and oxygen atoms in total. The molecular weight excluding hydrogens is 280 g/mol. The molecule has 2 heterocycles. The third-order valence-electron chi connectivity index (χ3n) is 4.33. The highest BCUT2D eigenvalue weighted by Gasteiger charge is 2.46. The van der Waals surface area contributed by atoms with Gasteiger partial charge in [0.15, 0.2) is 5.79 Å². The first-order chi connectivity index (χ1) is 10.3. The Morgan fingerprint density at radius 1 is 1.45 bits per heavy atom. The third kappa shape index (κ3) is 3.70. The number of ether oxygens (including phenoxy) is 3. The van der Waals surface area contributed by atoms with Gasteiger partial charge < -0.3 is 14.2 Å². The fourth-order valence-electron chi connectivity index (χ4n) is 3.59. The number of hydrogen-bond donors (Lipinski definition) is 0. The molecule has 22 heavy (non-hydrogen) atoms. The van der Waals surface area contributed by atoms with Crippen LogP contribution in [0.3, 0.4) is 0 Å². The van der Waals surface area contributed by atoms with Crippen molar-refractivity contribution in [2.75, 3.05) is 20.3 Å². The molecule has 2 rings (SSSR count). The molecule has 0 spiro atoms. The molecule has 0 amide bonds. The summed E-state index contributed by atoms with van der Waals surface area (Å²) in [5.74, 6) is -0.618. The highest BCUT2D eigenvalue weighted by Crippen LogP contribution is 2.35. The zero-order chi connectivity index (χ0) is 16.4. The largest absolute Gasteiger partial charge is 0.382 e. The van der Waals surface area contributed by atoms with Crippen LogP contribution in [0.25, 0.3) is 0 Å². The van der Waals surface area contributed by atoms with E-state index < -0.39 is 11.4 Å². The molecule has 2 aliphatic rings. The van der Waals surface area contributed by atoms with Crippen LogP contribution in [0.15, 0.2) is 17.8 Å². The van der Waals surface area contributed by atoms with Crippen LogP contribution in [0.4, 0.5) is 0 Å². The average molecular weight is 310 g/mol. The van der Waals surface area contributed by atoms with Crippen LogP contribution in [0.5, 0.6) is 0 Å². The third-order valence-corrected chi connectivity index (χ3v) is 4.33. The van der Waals surface area contributed by atoms with Crippen LogP contribution in [-0.2, 0) is 14.2 Å². The highest BCUT2D eigenvalue weighted by atomic mass is 16.7. The quantitative estimate of drug-likeness (QED) is 0.732. The maximum atomic E-state index is 6.21. The van der Waals surface area contributed by atoms with Crippen LogP contribution >= 0.6 is 0 Å². The van der Waals surface area contributed by atoms with Crippen LogP contribution < -0.4 is 0 Å². The van der Waals surface area contributed by atoms with Crippen molar-refractivity contribution in [1.82, 2.24) is 5.01 Å². The van der Waals surface area contributed by atoms with Gasteiger partial charge in [-0.1, -0.05) is 6.08 Å². The molecule has 3 atom stereocenters. The summed E-state index contributed by atoms with van der Waals surface area (Å²) in [6.45, 7) is 13.6. The summed E-state index contributed by atoms with van der Waals surface area (Å²) < 4.78 is 17.5. The van der Waals surface area contributed by atoms with Gasteiger partial charge in [-0.25, -0.2) is 0 Å². The molecular formula is C17H30N2O3. The summed E-state index contributed by atoms with van der Waals surface area (Å²) >= 11 is 0. The van der Waals surface area contributed by atoms with Crippen molar-refractivity contribution in [3.8, 4) is 0 Å². The zero-order valence-electron chi connectivity index (χ0n) is 14.6. The minimum absolute atomic E-state index is 0.0857. The molecule has 2 fully saturated rings. The maximum absolute atomic E-state index is 6.21. The van der Waals surface area contributed by atoms with Gasteiger partial charge in [-0.15, -0.1) is 6.58 Å². The molecule has 126 valence electrons. The van der Waals surface area contributed by atoms with E-state index in [1.807, 2.05) is 26.8 Å². The van der Waals surface area contributed by atoms with Gasteiger partial charge in [0.1, 0.15) is 11.7 Å². The minimum Gasteiger partial charge on any atom is -0.382 e. The van der Waals surface area contributed by atoms with Crippen molar-refractivity contribution in [3.05, 3.63) is 12.7 Å². The number of hydrogen-bond acceptors (Lipinski definition) is 5. The Morgan fingerprint density at radius 3 is 2.82 bits per heavy atom. The van der Waals surface area contributed by atoms with E-state index in [1.54, 1.807) is 7.11 Å². The predicted octanol–water partition coefficient (Wildman–Crippen LogP) is 2.96. The lowest BCUT2D eigenvalue weighted by molar-refractivity contribution is -0.278. The fraction of sp³-hybridized carbons (Fsp3) is 0.824. The second-order valence-electron chi connectivity index (χ2n) is 6.89. The van der Waals surface area contributed by atoms with Crippen LogP contribution in [0.2, 0.25) is 0 Å². The summed E-state index contributed by atoms with van der Waals surface area (Å²) in [6.07, 6.45) is 4.78. The molecule has 0 aromatic rings. The van der Waals surface area contributed by atoms with Crippen molar-refractivity contribution in [2.24, 2.45) is 5.10 Å². The second kappa shape index (κ2) is 6.69. The first-order valence-electron chi connectivity index (χ1n) is 8.15. The lowest BCUT2D eigenvalue weighted by Crippen LogP contribution is -2.58. The van der Waals surface area contributed by atoms with E-state index in [0.717, 1.165) is 25.1 Å². The highest BCUT2D eigenvalue weighted by molar-refractivity contribution is 5.96. The number of methoxy groups -OCH3 is 1. The monoisotopic (exact) mass is 310 g/mol. The Labute approximate surface area is 134 Å². The molecule has 0 bridgehead atoms. The summed E-state index contributed by atoms with van der Waals surface area (Å²) in [4.78, 5) is 0. The Morgan fingerprint density at radius 2 is 2.18 bits per heavy atom. The molecule has 0 N–H and O–H groups in total. The van der Waals surface area contributed by atoms with Crippen molar-refractivity contribution in [2.45, 2.75) is 70.5 Å². The smallest absolute Gasteiger partial charge is 0.164 e. The van der Waals surface area contributed by atoms with Gasteiger partial charge >= 0.3 is 0 Å². The van der Waals surface area contributed by atoms with Crippen LogP contribution in [0, 0.1) is 0 Å². The SMILES string of the molecule is C=CC[C@@]1(C)OC(C)(C)O[C@H](C)C1=NN1CCC[C@@H]1COC. The Kier molecular flexibility index (Phi) is 5.30. The Hall–Kier alpha value is -0.910. The van der Waals surface area contributed by atoms with Gasteiger partial charge in [0.05, 0.1) is 18.4 Å². The van der Waals surface area contributed by atoms with E-state index in [-0.39, 0.29) is 6.10 Å². The molecule has 0 unspecified atom stereocenters. The summed E-state index contributed by atoms with van der Waals surface area (Å²) in [5.41, 5.74) is 0.457. The van der Waals surface area contributed by atoms with Gasteiger partial charge in [0, 0.05) is 13.7 Å². The van der Waals surface area contributed by atoms with Crippen LogP contribution in [0.1, 0.15) is 47.0 Å². The first-order valence-corrected chi connectivity index (χ1v) is 8.15.